The maximum atomic E-state index is 6.02. The van der Waals surface area contributed by atoms with Gasteiger partial charge in [0.25, 0.3) is 0 Å². The Morgan fingerprint density at radius 1 is 1.38 bits per heavy atom. The lowest BCUT2D eigenvalue weighted by Gasteiger charge is -2.07. The van der Waals surface area contributed by atoms with Crippen molar-refractivity contribution in [2.24, 2.45) is 0 Å². The van der Waals surface area contributed by atoms with E-state index in [9.17, 15) is 0 Å². The fraction of sp³-hybridized carbons (Fsp3) is 0.300. The topological polar surface area (TPSA) is 17.8 Å². The van der Waals surface area contributed by atoms with Crippen molar-refractivity contribution >= 4 is 22.6 Å². The highest BCUT2D eigenvalue weighted by molar-refractivity contribution is 6.35. The zero-order valence-corrected chi connectivity index (χ0v) is 8.42. The normalized spacial score (nSPS) is 11.4. The number of hydrogen-bond donors (Lipinski definition) is 0. The summed E-state index contributed by atoms with van der Waals surface area (Å²) in [6, 6.07) is 4.24. The van der Waals surface area contributed by atoms with Crippen LogP contribution in [0.25, 0.3) is 11.0 Å². The fourth-order valence-corrected chi connectivity index (χ4v) is 1.65. The number of nitrogens with zero attached hydrogens (tertiary/aromatic N) is 2. The van der Waals surface area contributed by atoms with E-state index >= 15 is 0 Å². The molecule has 0 spiro atoms. The third-order valence-corrected chi connectivity index (χ3v) is 2.45. The first kappa shape index (κ1) is 8.57. The predicted octanol–water partition coefficient (Wildman–Crippen LogP) is 3.27. The third-order valence-electron chi connectivity index (χ3n) is 2.12. The maximum Gasteiger partial charge on any atom is 0.141 e. The van der Waals surface area contributed by atoms with Gasteiger partial charge in [-0.05, 0) is 26.0 Å². The quantitative estimate of drug-likeness (QED) is 0.682. The van der Waals surface area contributed by atoms with E-state index in [1.807, 2.05) is 18.3 Å². The summed E-state index contributed by atoms with van der Waals surface area (Å²) in [5.74, 6) is 0. The molecule has 0 aliphatic rings. The Kier molecular flexibility index (Phi) is 2.00. The van der Waals surface area contributed by atoms with Crippen LogP contribution in [0.3, 0.4) is 0 Å². The molecular formula is C10H11ClN2. The predicted molar refractivity (Wildman–Crippen MR) is 55.1 cm³/mol. The van der Waals surface area contributed by atoms with Crippen LogP contribution < -0.4 is 0 Å². The van der Waals surface area contributed by atoms with Crippen LogP contribution in [0.15, 0.2) is 24.5 Å². The molecule has 13 heavy (non-hydrogen) atoms. The molecule has 0 radical (unpaired) electrons. The average Bonchev–Trinajstić information content (AvgIpc) is 2.48. The Morgan fingerprint density at radius 3 is 2.85 bits per heavy atom. The van der Waals surface area contributed by atoms with Crippen molar-refractivity contribution in [3.05, 3.63) is 29.5 Å². The number of halogens is 1. The molecule has 3 heteroatoms. The van der Waals surface area contributed by atoms with Crippen molar-refractivity contribution in [1.82, 2.24) is 9.55 Å². The summed E-state index contributed by atoms with van der Waals surface area (Å²) in [7, 11) is 0. The largest absolute Gasteiger partial charge is 0.330 e. The van der Waals surface area contributed by atoms with Crippen molar-refractivity contribution in [2.75, 3.05) is 0 Å². The Hall–Kier alpha value is -1.02. The molecule has 2 aromatic heterocycles. The van der Waals surface area contributed by atoms with Gasteiger partial charge in [0.05, 0.1) is 5.02 Å². The third kappa shape index (κ3) is 1.31. The van der Waals surface area contributed by atoms with Gasteiger partial charge in [-0.25, -0.2) is 4.98 Å². The molecule has 2 rings (SSSR count). The number of pyridine rings is 1. The Bertz CT molecular complexity index is 431. The molecule has 0 saturated carbocycles. The molecule has 0 aliphatic heterocycles. The van der Waals surface area contributed by atoms with Crippen LogP contribution in [0.4, 0.5) is 0 Å². The van der Waals surface area contributed by atoms with Gasteiger partial charge in [-0.1, -0.05) is 11.6 Å². The summed E-state index contributed by atoms with van der Waals surface area (Å²) in [6.45, 7) is 4.25. The lowest BCUT2D eigenvalue weighted by molar-refractivity contribution is 0.618. The highest BCUT2D eigenvalue weighted by atomic mass is 35.5. The van der Waals surface area contributed by atoms with Gasteiger partial charge in [0.1, 0.15) is 5.65 Å². The Morgan fingerprint density at radius 2 is 2.15 bits per heavy atom. The van der Waals surface area contributed by atoms with Gasteiger partial charge < -0.3 is 4.57 Å². The number of rotatable bonds is 1. The van der Waals surface area contributed by atoms with E-state index in [0.717, 1.165) is 16.1 Å². The first-order chi connectivity index (χ1) is 6.20. The summed E-state index contributed by atoms with van der Waals surface area (Å²) < 4.78 is 2.11. The van der Waals surface area contributed by atoms with Crippen LogP contribution in [0.2, 0.25) is 5.02 Å². The monoisotopic (exact) mass is 194 g/mol. The van der Waals surface area contributed by atoms with Crippen molar-refractivity contribution < 1.29 is 0 Å². The number of fused-ring (bicyclic) bond motifs is 1. The second-order valence-corrected chi connectivity index (χ2v) is 3.75. The molecule has 0 bridgehead atoms. The van der Waals surface area contributed by atoms with Gasteiger partial charge in [0.2, 0.25) is 0 Å². The SMILES string of the molecule is CC(C)n1ccc2c(Cl)ccnc21. The van der Waals surface area contributed by atoms with Gasteiger partial charge in [-0.3, -0.25) is 0 Å². The van der Waals surface area contributed by atoms with E-state index < -0.39 is 0 Å². The zero-order chi connectivity index (χ0) is 9.42. The molecule has 0 aromatic carbocycles. The van der Waals surface area contributed by atoms with E-state index in [1.54, 1.807) is 6.20 Å². The van der Waals surface area contributed by atoms with Crippen LogP contribution in [0.5, 0.6) is 0 Å². The van der Waals surface area contributed by atoms with Crippen LogP contribution in [0.1, 0.15) is 19.9 Å². The number of hydrogen-bond acceptors (Lipinski definition) is 1. The minimum Gasteiger partial charge on any atom is -0.330 e. The van der Waals surface area contributed by atoms with Crippen LogP contribution in [-0.2, 0) is 0 Å². The first-order valence-electron chi connectivity index (χ1n) is 4.31. The van der Waals surface area contributed by atoms with Crippen LogP contribution >= 0.6 is 11.6 Å². The van der Waals surface area contributed by atoms with Gasteiger partial charge >= 0.3 is 0 Å². The van der Waals surface area contributed by atoms with Crippen molar-refractivity contribution in [1.29, 1.82) is 0 Å². The molecule has 2 aromatic rings. The molecular weight excluding hydrogens is 184 g/mol. The van der Waals surface area contributed by atoms with Crippen LogP contribution in [-0.4, -0.2) is 9.55 Å². The molecule has 0 saturated heterocycles. The smallest absolute Gasteiger partial charge is 0.141 e. The number of aromatic nitrogens is 2. The van der Waals surface area contributed by atoms with Gasteiger partial charge in [-0.15, -0.1) is 0 Å². The van der Waals surface area contributed by atoms with E-state index in [1.165, 1.54) is 0 Å². The van der Waals surface area contributed by atoms with Crippen LogP contribution in [0, 0.1) is 0 Å². The molecule has 68 valence electrons. The molecule has 0 fully saturated rings. The van der Waals surface area contributed by atoms with Crippen molar-refractivity contribution in [2.45, 2.75) is 19.9 Å². The second kappa shape index (κ2) is 3.04. The molecule has 0 unspecified atom stereocenters. The Balaban J connectivity index is 2.75. The molecule has 0 N–H and O–H groups in total. The Labute approximate surface area is 82.1 Å². The molecule has 0 atom stereocenters. The van der Waals surface area contributed by atoms with Crippen molar-refractivity contribution in [3.8, 4) is 0 Å². The van der Waals surface area contributed by atoms with E-state index in [0.29, 0.717) is 6.04 Å². The molecule has 0 aliphatic carbocycles. The summed E-state index contributed by atoms with van der Waals surface area (Å²) in [5.41, 5.74) is 0.961. The van der Waals surface area contributed by atoms with E-state index in [2.05, 4.69) is 23.4 Å². The second-order valence-electron chi connectivity index (χ2n) is 3.35. The molecule has 0 amide bonds. The molecule has 2 nitrogen and oxygen atoms in total. The lowest BCUT2D eigenvalue weighted by atomic mass is 10.3. The summed E-state index contributed by atoms with van der Waals surface area (Å²) in [6.07, 6.45) is 3.76. The summed E-state index contributed by atoms with van der Waals surface area (Å²) >= 11 is 6.02. The van der Waals surface area contributed by atoms with Gasteiger partial charge in [-0.2, -0.15) is 0 Å². The maximum absolute atomic E-state index is 6.02. The molecule has 2 heterocycles. The zero-order valence-electron chi connectivity index (χ0n) is 7.66. The minimum atomic E-state index is 0.420. The first-order valence-corrected chi connectivity index (χ1v) is 4.69. The highest BCUT2D eigenvalue weighted by Crippen LogP contribution is 2.24. The summed E-state index contributed by atoms with van der Waals surface area (Å²) in [4.78, 5) is 4.30. The summed E-state index contributed by atoms with van der Waals surface area (Å²) in [5, 5.41) is 1.79. The average molecular weight is 195 g/mol. The van der Waals surface area contributed by atoms with E-state index in [-0.39, 0.29) is 0 Å². The van der Waals surface area contributed by atoms with Crippen molar-refractivity contribution in [3.63, 3.8) is 0 Å². The van der Waals surface area contributed by atoms with E-state index in [4.69, 9.17) is 11.6 Å². The van der Waals surface area contributed by atoms with Gasteiger partial charge in [0, 0.05) is 23.8 Å². The minimum absolute atomic E-state index is 0.420. The standard InChI is InChI=1S/C10H11ClN2/c1-7(2)13-6-4-8-9(11)3-5-12-10(8)13/h3-7H,1-2H3. The van der Waals surface area contributed by atoms with Gasteiger partial charge in [0.15, 0.2) is 0 Å². The fourth-order valence-electron chi connectivity index (χ4n) is 1.44. The highest BCUT2D eigenvalue weighted by Gasteiger charge is 2.06. The lowest BCUT2D eigenvalue weighted by Crippen LogP contribution is -1.99.